The van der Waals surface area contributed by atoms with Crippen molar-refractivity contribution in [2.45, 2.75) is 52.3 Å². The second-order valence-corrected chi connectivity index (χ2v) is 8.60. The topological polar surface area (TPSA) is 62.2 Å². The van der Waals surface area contributed by atoms with E-state index in [1.165, 1.54) is 6.07 Å². The van der Waals surface area contributed by atoms with Crippen molar-refractivity contribution in [3.8, 4) is 0 Å². The lowest BCUT2D eigenvalue weighted by molar-refractivity contribution is -0.259. The van der Waals surface area contributed by atoms with Gasteiger partial charge in [0.15, 0.2) is 11.4 Å². The highest BCUT2D eigenvalue weighted by molar-refractivity contribution is 6.04. The number of allylic oxidation sites excluding steroid dienone is 2. The van der Waals surface area contributed by atoms with Crippen LogP contribution in [-0.2, 0) is 16.8 Å². The molecule has 0 saturated heterocycles. The van der Waals surface area contributed by atoms with Gasteiger partial charge in [0.1, 0.15) is 5.82 Å². The van der Waals surface area contributed by atoms with Gasteiger partial charge in [-0.25, -0.2) is 4.98 Å². The minimum Gasteiger partial charge on any atom is -0.376 e. The van der Waals surface area contributed by atoms with Crippen molar-refractivity contribution in [3.05, 3.63) is 70.6 Å². The molecule has 1 aliphatic carbocycles. The van der Waals surface area contributed by atoms with Gasteiger partial charge >= 0.3 is 6.18 Å². The largest absolute Gasteiger partial charge is 0.421 e. The van der Waals surface area contributed by atoms with Crippen molar-refractivity contribution in [2.24, 2.45) is 5.92 Å². The minimum atomic E-state index is -4.84. The zero-order valence-electron chi connectivity index (χ0n) is 18.6. The molecule has 1 aromatic carbocycles. The van der Waals surface area contributed by atoms with Gasteiger partial charge in [-0.2, -0.15) is 13.2 Å². The van der Waals surface area contributed by atoms with E-state index in [0.717, 1.165) is 46.5 Å². The number of nitrogens with zero attached hydrogens (tertiary/aromatic N) is 1. The second-order valence-electron chi connectivity index (χ2n) is 8.60. The Kier molecular flexibility index (Phi) is 6.33. The molecule has 0 bridgehead atoms. The number of benzene rings is 1. The number of halogens is 3. The highest BCUT2D eigenvalue weighted by Crippen LogP contribution is 2.38. The van der Waals surface area contributed by atoms with Crippen LogP contribution in [0, 0.1) is 12.8 Å². The number of hydrogen-bond acceptors (Lipinski definition) is 4. The summed E-state index contributed by atoms with van der Waals surface area (Å²) in [7, 11) is 0. The van der Waals surface area contributed by atoms with Crippen LogP contribution >= 0.6 is 0 Å². The van der Waals surface area contributed by atoms with E-state index in [-0.39, 0.29) is 23.1 Å². The SMILES string of the molecule is C=C(C)c1c(C)ccc2c1C=C(Nc1ccc(C(C)(O)C(F)(F)F)cn1)C(=O)C(C)CC2. The summed E-state index contributed by atoms with van der Waals surface area (Å²) < 4.78 is 39.3. The molecule has 32 heavy (non-hydrogen) atoms. The Morgan fingerprint density at radius 3 is 2.50 bits per heavy atom. The lowest BCUT2D eigenvalue weighted by Crippen LogP contribution is -2.39. The van der Waals surface area contributed by atoms with Crippen LogP contribution in [0.1, 0.15) is 55.0 Å². The molecular weight excluding hydrogens is 417 g/mol. The number of hydrogen-bond donors (Lipinski definition) is 2. The number of carbonyl (C=O) groups is 1. The summed E-state index contributed by atoms with van der Waals surface area (Å²) in [4.78, 5) is 17.1. The maximum atomic E-state index is 13.1. The summed E-state index contributed by atoms with van der Waals surface area (Å²) in [5.74, 6) is -0.120. The van der Waals surface area contributed by atoms with Crippen molar-refractivity contribution >= 4 is 23.3 Å². The Morgan fingerprint density at radius 1 is 1.25 bits per heavy atom. The fraction of sp³-hybridized carbons (Fsp3) is 0.360. The van der Waals surface area contributed by atoms with Crippen LogP contribution in [0.5, 0.6) is 0 Å². The van der Waals surface area contributed by atoms with E-state index in [9.17, 15) is 23.1 Å². The average molecular weight is 444 g/mol. The maximum Gasteiger partial charge on any atom is 0.421 e. The van der Waals surface area contributed by atoms with Gasteiger partial charge in [0.2, 0.25) is 0 Å². The number of ketones is 1. The maximum absolute atomic E-state index is 13.1. The first-order valence-corrected chi connectivity index (χ1v) is 10.4. The van der Waals surface area contributed by atoms with Crippen molar-refractivity contribution in [2.75, 3.05) is 5.32 Å². The number of Topliss-reactive ketones (excluding diaryl/α,β-unsaturated/α-hetero) is 1. The molecule has 7 heteroatoms. The Morgan fingerprint density at radius 2 is 1.94 bits per heavy atom. The normalized spacial score (nSPS) is 18.7. The van der Waals surface area contributed by atoms with Gasteiger partial charge < -0.3 is 10.4 Å². The first kappa shape index (κ1) is 23.7. The number of alkyl halides is 3. The molecule has 2 aromatic rings. The van der Waals surface area contributed by atoms with Crippen LogP contribution in [0.4, 0.5) is 19.0 Å². The van der Waals surface area contributed by atoms with Gasteiger partial charge in [-0.3, -0.25) is 4.79 Å². The fourth-order valence-corrected chi connectivity index (χ4v) is 3.86. The van der Waals surface area contributed by atoms with E-state index < -0.39 is 11.8 Å². The number of aliphatic hydroxyl groups is 1. The van der Waals surface area contributed by atoms with Crippen LogP contribution in [0.2, 0.25) is 0 Å². The molecule has 2 unspecified atom stereocenters. The van der Waals surface area contributed by atoms with E-state index in [4.69, 9.17) is 0 Å². The zero-order chi connectivity index (χ0) is 23.8. The number of anilines is 1. The second kappa shape index (κ2) is 8.54. The Bertz CT molecular complexity index is 1080. The van der Waals surface area contributed by atoms with Crippen molar-refractivity contribution < 1.29 is 23.1 Å². The number of carbonyl (C=O) groups excluding carboxylic acids is 1. The third-order valence-corrected chi connectivity index (χ3v) is 5.96. The Labute approximate surface area is 185 Å². The number of fused-ring (bicyclic) bond motifs is 1. The van der Waals surface area contributed by atoms with Gasteiger partial charge in [0, 0.05) is 17.7 Å². The number of aromatic nitrogens is 1. The molecule has 2 N–H and O–H groups in total. The number of aryl methyl sites for hydroxylation is 2. The molecule has 0 fully saturated rings. The van der Waals surface area contributed by atoms with E-state index in [1.54, 1.807) is 6.08 Å². The lowest BCUT2D eigenvalue weighted by Gasteiger charge is -2.26. The average Bonchev–Trinajstić information content (AvgIpc) is 2.70. The molecular formula is C25H27F3N2O2. The molecule has 170 valence electrons. The zero-order valence-corrected chi connectivity index (χ0v) is 18.6. The molecule has 1 aliphatic rings. The molecule has 1 heterocycles. The van der Waals surface area contributed by atoms with Crippen molar-refractivity contribution in [1.82, 2.24) is 4.98 Å². The Balaban J connectivity index is 2.04. The fourth-order valence-electron chi connectivity index (χ4n) is 3.86. The molecule has 0 aliphatic heterocycles. The first-order valence-electron chi connectivity index (χ1n) is 10.4. The molecule has 2 atom stereocenters. The smallest absolute Gasteiger partial charge is 0.376 e. The van der Waals surface area contributed by atoms with E-state index in [1.807, 2.05) is 26.8 Å². The molecule has 0 spiro atoms. The van der Waals surface area contributed by atoms with Gasteiger partial charge in [-0.15, -0.1) is 0 Å². The highest BCUT2D eigenvalue weighted by Gasteiger charge is 2.51. The summed E-state index contributed by atoms with van der Waals surface area (Å²) in [5, 5.41) is 12.8. The Hall–Kier alpha value is -2.93. The molecule has 3 rings (SSSR count). The summed E-state index contributed by atoms with van der Waals surface area (Å²) in [5.41, 5.74) is 1.84. The van der Waals surface area contributed by atoms with Gasteiger partial charge in [-0.05, 0) is 68.0 Å². The van der Waals surface area contributed by atoms with Crippen LogP contribution < -0.4 is 5.32 Å². The van der Waals surface area contributed by atoms with Crippen molar-refractivity contribution in [1.29, 1.82) is 0 Å². The molecule has 0 amide bonds. The van der Waals surface area contributed by atoms with Gasteiger partial charge in [-0.1, -0.05) is 37.3 Å². The molecule has 4 nitrogen and oxygen atoms in total. The van der Waals surface area contributed by atoms with Crippen LogP contribution in [0.3, 0.4) is 0 Å². The van der Waals surface area contributed by atoms with Gasteiger partial charge in [0.25, 0.3) is 0 Å². The number of rotatable bonds is 4. The standard InChI is InChI=1S/C25H27F3N2O2/c1-14(2)22-15(3)6-8-17-9-7-16(4)23(31)20(12-19(17)22)30-21-11-10-18(13-29-21)24(5,32)25(26,27)28/h6,8,10-13,16,32H,1,7,9H2,2-5H3,(H,29,30). The lowest BCUT2D eigenvalue weighted by atomic mass is 9.85. The quantitative estimate of drug-likeness (QED) is 0.626. The predicted molar refractivity (Wildman–Crippen MR) is 120 cm³/mol. The molecule has 0 saturated carbocycles. The van der Waals surface area contributed by atoms with Crippen LogP contribution in [-0.4, -0.2) is 22.1 Å². The summed E-state index contributed by atoms with van der Waals surface area (Å²) in [6.45, 7) is 10.5. The van der Waals surface area contributed by atoms with Crippen LogP contribution in [0.25, 0.3) is 11.6 Å². The number of nitrogens with one attached hydrogen (secondary N) is 1. The van der Waals surface area contributed by atoms with Crippen molar-refractivity contribution in [3.63, 3.8) is 0 Å². The third kappa shape index (κ3) is 4.48. The first-order chi connectivity index (χ1) is 14.8. The van der Waals surface area contributed by atoms with E-state index in [2.05, 4.69) is 22.9 Å². The van der Waals surface area contributed by atoms with E-state index in [0.29, 0.717) is 19.0 Å². The molecule has 1 aromatic heterocycles. The highest BCUT2D eigenvalue weighted by atomic mass is 19.4. The summed E-state index contributed by atoms with van der Waals surface area (Å²) in [6.07, 6.45) is -0.662. The predicted octanol–water partition coefficient (Wildman–Crippen LogP) is 5.80. The summed E-state index contributed by atoms with van der Waals surface area (Å²) >= 11 is 0. The summed E-state index contributed by atoms with van der Waals surface area (Å²) in [6, 6.07) is 6.58. The minimum absolute atomic E-state index is 0.0991. The number of pyridine rings is 1. The van der Waals surface area contributed by atoms with E-state index >= 15 is 0 Å². The monoisotopic (exact) mass is 444 g/mol. The van der Waals surface area contributed by atoms with Crippen LogP contribution in [0.15, 0.2) is 42.7 Å². The molecule has 0 radical (unpaired) electrons. The third-order valence-electron chi connectivity index (χ3n) is 5.96. The van der Waals surface area contributed by atoms with Gasteiger partial charge in [0.05, 0.1) is 5.70 Å².